The zero-order chi connectivity index (χ0) is 11.5. The molecule has 0 saturated heterocycles. The predicted octanol–water partition coefficient (Wildman–Crippen LogP) is 1.49. The summed E-state index contributed by atoms with van der Waals surface area (Å²) < 4.78 is 14.5. The molecule has 0 aromatic heterocycles. The first-order chi connectivity index (χ1) is 6.90. The van der Waals surface area contributed by atoms with E-state index in [0.717, 1.165) is 0 Å². The van der Waals surface area contributed by atoms with Crippen LogP contribution in [-0.4, -0.2) is 15.6 Å². The summed E-state index contributed by atoms with van der Waals surface area (Å²) in [4.78, 5) is 28.4. The molecule has 5 nitrogen and oxygen atoms in total. The van der Waals surface area contributed by atoms with Gasteiger partial charge in [-0.25, -0.2) is 4.57 Å². The topological polar surface area (TPSA) is 83.8 Å². The number of phosphoric acid groups is 1. The lowest BCUT2D eigenvalue weighted by atomic mass is 10.1. The maximum Gasteiger partial charge on any atom is 0.524 e. The average molecular weight is 228 g/mol. The second-order valence-corrected chi connectivity index (χ2v) is 3.86. The maximum atomic E-state index is 11.5. The number of carbonyl (C=O) groups excluding carboxylic acids is 1. The van der Waals surface area contributed by atoms with Crippen molar-refractivity contribution in [3.05, 3.63) is 48.2 Å². The summed E-state index contributed by atoms with van der Waals surface area (Å²) in [5.41, 5.74) is 0.260. The average Bonchev–Trinajstić information content (AvgIpc) is 2.15. The van der Waals surface area contributed by atoms with E-state index in [0.29, 0.717) is 0 Å². The van der Waals surface area contributed by atoms with E-state index in [-0.39, 0.29) is 5.56 Å². The van der Waals surface area contributed by atoms with E-state index in [1.54, 1.807) is 18.2 Å². The Hall–Kier alpha value is -1.42. The van der Waals surface area contributed by atoms with Gasteiger partial charge in [0.2, 0.25) is 5.78 Å². The first kappa shape index (κ1) is 11.7. The Morgan fingerprint density at radius 1 is 1.27 bits per heavy atom. The van der Waals surface area contributed by atoms with Crippen LogP contribution in [0.2, 0.25) is 0 Å². The van der Waals surface area contributed by atoms with Crippen molar-refractivity contribution in [2.24, 2.45) is 0 Å². The molecular weight excluding hydrogens is 219 g/mol. The number of benzene rings is 1. The van der Waals surface area contributed by atoms with E-state index >= 15 is 0 Å². The third-order valence-electron chi connectivity index (χ3n) is 1.52. The Kier molecular flexibility index (Phi) is 3.42. The van der Waals surface area contributed by atoms with Gasteiger partial charge in [-0.1, -0.05) is 36.9 Å². The van der Waals surface area contributed by atoms with E-state index in [4.69, 9.17) is 9.79 Å². The molecule has 0 saturated carbocycles. The molecule has 0 fully saturated rings. The molecule has 2 N–H and O–H groups in total. The lowest BCUT2D eigenvalue weighted by molar-refractivity contribution is 0.0968. The molecular formula is C9H9O5P. The molecule has 6 heteroatoms. The first-order valence-electron chi connectivity index (χ1n) is 3.94. The van der Waals surface area contributed by atoms with E-state index in [2.05, 4.69) is 11.1 Å². The van der Waals surface area contributed by atoms with Gasteiger partial charge in [-0.3, -0.25) is 14.6 Å². The second-order valence-electron chi connectivity index (χ2n) is 2.70. The predicted molar refractivity (Wildman–Crippen MR) is 53.0 cm³/mol. The monoisotopic (exact) mass is 228 g/mol. The van der Waals surface area contributed by atoms with Crippen molar-refractivity contribution < 1.29 is 23.7 Å². The molecule has 15 heavy (non-hydrogen) atoms. The van der Waals surface area contributed by atoms with Gasteiger partial charge in [0.25, 0.3) is 0 Å². The minimum absolute atomic E-state index is 0.260. The third-order valence-corrected chi connectivity index (χ3v) is 1.98. The molecule has 0 amide bonds. The fourth-order valence-electron chi connectivity index (χ4n) is 0.936. The van der Waals surface area contributed by atoms with Crippen LogP contribution >= 0.6 is 7.82 Å². The summed E-state index contributed by atoms with van der Waals surface area (Å²) in [6.07, 6.45) is 0. The molecule has 1 aromatic rings. The lowest BCUT2D eigenvalue weighted by Gasteiger charge is -2.07. The third kappa shape index (κ3) is 3.67. The van der Waals surface area contributed by atoms with Crippen LogP contribution in [0.3, 0.4) is 0 Å². The quantitative estimate of drug-likeness (QED) is 0.353. The van der Waals surface area contributed by atoms with Crippen LogP contribution in [0.25, 0.3) is 0 Å². The van der Waals surface area contributed by atoms with Crippen LogP contribution in [0, 0.1) is 0 Å². The van der Waals surface area contributed by atoms with Gasteiger partial charge in [0.15, 0.2) is 5.76 Å². The Morgan fingerprint density at radius 3 is 2.27 bits per heavy atom. The molecule has 0 unspecified atom stereocenters. The number of carbonyl (C=O) groups is 1. The van der Waals surface area contributed by atoms with Crippen molar-refractivity contribution in [1.82, 2.24) is 0 Å². The molecule has 0 heterocycles. The van der Waals surface area contributed by atoms with Crippen molar-refractivity contribution in [3.8, 4) is 0 Å². The Balaban J connectivity index is 2.79. The number of Topliss-reactive ketones (excluding diaryl/α,β-unsaturated/α-hetero) is 1. The van der Waals surface area contributed by atoms with Gasteiger partial charge >= 0.3 is 7.82 Å². The smallest absolute Gasteiger partial charge is 0.401 e. The van der Waals surface area contributed by atoms with Crippen LogP contribution in [0.4, 0.5) is 0 Å². The van der Waals surface area contributed by atoms with Gasteiger partial charge in [0, 0.05) is 5.56 Å². The number of phosphoric ester groups is 1. The van der Waals surface area contributed by atoms with Crippen molar-refractivity contribution >= 4 is 13.6 Å². The van der Waals surface area contributed by atoms with Gasteiger partial charge in [-0.05, 0) is 0 Å². The Morgan fingerprint density at radius 2 is 1.80 bits per heavy atom. The summed E-state index contributed by atoms with van der Waals surface area (Å²) in [7, 11) is -4.72. The number of ketones is 1. The molecule has 1 rings (SSSR count). The molecule has 0 aliphatic carbocycles. The SMILES string of the molecule is C=C(OP(=O)(O)O)C(=O)c1ccccc1. The van der Waals surface area contributed by atoms with Gasteiger partial charge in [-0.15, -0.1) is 0 Å². The fraction of sp³-hybridized carbons (Fsp3) is 0. The summed E-state index contributed by atoms with van der Waals surface area (Å²) >= 11 is 0. The molecule has 80 valence electrons. The van der Waals surface area contributed by atoms with E-state index in [1.807, 2.05) is 0 Å². The van der Waals surface area contributed by atoms with E-state index in [9.17, 15) is 9.36 Å². The molecule has 0 aliphatic rings. The highest BCUT2D eigenvalue weighted by atomic mass is 31.2. The van der Waals surface area contributed by atoms with Gasteiger partial charge in [0.05, 0.1) is 0 Å². The van der Waals surface area contributed by atoms with Crippen LogP contribution in [-0.2, 0) is 9.09 Å². The molecule has 0 atom stereocenters. The Labute approximate surface area is 86.2 Å². The van der Waals surface area contributed by atoms with Crippen LogP contribution in [0.1, 0.15) is 10.4 Å². The van der Waals surface area contributed by atoms with Crippen molar-refractivity contribution in [3.63, 3.8) is 0 Å². The summed E-state index contributed by atoms with van der Waals surface area (Å²) in [5, 5.41) is 0. The molecule has 0 spiro atoms. The van der Waals surface area contributed by atoms with Gasteiger partial charge < -0.3 is 4.52 Å². The largest absolute Gasteiger partial charge is 0.524 e. The van der Waals surface area contributed by atoms with Crippen LogP contribution in [0.15, 0.2) is 42.7 Å². The number of rotatable bonds is 4. The molecule has 0 radical (unpaired) electrons. The van der Waals surface area contributed by atoms with Crippen LogP contribution < -0.4 is 0 Å². The summed E-state index contributed by atoms with van der Waals surface area (Å²) in [5.74, 6) is -1.23. The zero-order valence-corrected chi connectivity index (χ0v) is 8.55. The summed E-state index contributed by atoms with van der Waals surface area (Å²) in [6.45, 7) is 3.15. The highest BCUT2D eigenvalue weighted by Gasteiger charge is 2.21. The normalized spacial score (nSPS) is 10.8. The number of hydrogen-bond donors (Lipinski definition) is 2. The number of hydrogen-bond acceptors (Lipinski definition) is 3. The van der Waals surface area contributed by atoms with E-state index in [1.165, 1.54) is 12.1 Å². The van der Waals surface area contributed by atoms with Gasteiger partial charge in [-0.2, -0.15) is 0 Å². The van der Waals surface area contributed by atoms with Crippen molar-refractivity contribution in [2.45, 2.75) is 0 Å². The second kappa shape index (κ2) is 4.40. The molecule has 0 aliphatic heterocycles. The molecule has 0 bridgehead atoms. The fourth-order valence-corrected chi connectivity index (χ4v) is 1.31. The van der Waals surface area contributed by atoms with Gasteiger partial charge in [0.1, 0.15) is 0 Å². The lowest BCUT2D eigenvalue weighted by Crippen LogP contribution is -2.04. The minimum atomic E-state index is -4.72. The Bertz CT molecular complexity index is 419. The summed E-state index contributed by atoms with van der Waals surface area (Å²) in [6, 6.07) is 7.95. The molecule has 1 aromatic carbocycles. The van der Waals surface area contributed by atoms with E-state index < -0.39 is 19.4 Å². The standard InChI is InChI=1S/C9H9O5P/c1-7(14-15(11,12)13)9(10)8-5-3-2-4-6-8/h2-6H,1H2,(H2,11,12,13). The number of allylic oxidation sites excluding steroid dienone is 1. The minimum Gasteiger partial charge on any atom is -0.401 e. The highest BCUT2D eigenvalue weighted by molar-refractivity contribution is 7.46. The van der Waals surface area contributed by atoms with Crippen LogP contribution in [0.5, 0.6) is 0 Å². The maximum absolute atomic E-state index is 11.5. The van der Waals surface area contributed by atoms with Crippen molar-refractivity contribution in [2.75, 3.05) is 0 Å². The van der Waals surface area contributed by atoms with Crippen molar-refractivity contribution in [1.29, 1.82) is 0 Å². The highest BCUT2D eigenvalue weighted by Crippen LogP contribution is 2.39. The first-order valence-corrected chi connectivity index (χ1v) is 5.47. The zero-order valence-electron chi connectivity index (χ0n) is 7.66.